The topological polar surface area (TPSA) is 77.3 Å². The minimum Gasteiger partial charge on any atom is -0.462 e. The number of carbonyl (C=O) groups is 2. The normalized spacial score (nSPS) is 12.7. The molecule has 2 heterocycles. The molecule has 0 atom stereocenters. The molecule has 2 aromatic heterocycles. The second-order valence-corrected chi connectivity index (χ2v) is 8.30. The zero-order chi connectivity index (χ0) is 21.4. The molecule has 8 heteroatoms. The fourth-order valence-electron chi connectivity index (χ4n) is 3.77. The number of esters is 1. The van der Waals surface area contributed by atoms with Crippen LogP contribution in [0.4, 0.5) is 5.13 Å². The zero-order valence-corrected chi connectivity index (χ0v) is 18.4. The largest absolute Gasteiger partial charge is 0.462 e. The standard InChI is InChI=1S/C22H24N4O3S/c1-5-29-21(28)19-14(3)23-22(30-19)25(4)20(27)18-15-10-8-12-17(15)26(24-18)16-11-7-6-9-13(16)2/h6-7,9,11H,5,8,10,12H2,1-4H3. The van der Waals surface area contributed by atoms with Crippen molar-refractivity contribution in [2.24, 2.45) is 0 Å². The van der Waals surface area contributed by atoms with Gasteiger partial charge in [-0.1, -0.05) is 29.5 Å². The SMILES string of the molecule is CCOC(=O)c1sc(N(C)C(=O)c2nn(-c3ccccc3C)c3c2CCC3)nc1C. The highest BCUT2D eigenvalue weighted by Crippen LogP contribution is 2.32. The molecule has 0 N–H and O–H groups in total. The van der Waals surface area contributed by atoms with Crippen molar-refractivity contribution in [3.8, 4) is 5.69 Å². The van der Waals surface area contributed by atoms with Crippen molar-refractivity contribution in [1.29, 1.82) is 0 Å². The van der Waals surface area contributed by atoms with Crippen molar-refractivity contribution < 1.29 is 14.3 Å². The Balaban J connectivity index is 1.69. The van der Waals surface area contributed by atoms with Gasteiger partial charge in [0.05, 0.1) is 18.0 Å². The van der Waals surface area contributed by atoms with Crippen LogP contribution in [0.15, 0.2) is 24.3 Å². The smallest absolute Gasteiger partial charge is 0.350 e. The van der Waals surface area contributed by atoms with Gasteiger partial charge in [-0.05, 0) is 51.7 Å². The van der Waals surface area contributed by atoms with Crippen molar-refractivity contribution in [3.63, 3.8) is 0 Å². The van der Waals surface area contributed by atoms with Crippen LogP contribution in [0.1, 0.15) is 56.0 Å². The summed E-state index contributed by atoms with van der Waals surface area (Å²) in [5.74, 6) is -0.631. The van der Waals surface area contributed by atoms with Gasteiger partial charge in [0.2, 0.25) is 0 Å². The minimum atomic E-state index is -0.413. The highest BCUT2D eigenvalue weighted by molar-refractivity contribution is 7.17. The molecule has 0 radical (unpaired) electrons. The van der Waals surface area contributed by atoms with Gasteiger partial charge in [0, 0.05) is 18.3 Å². The Bertz CT molecular complexity index is 1130. The number of aromatic nitrogens is 3. The van der Waals surface area contributed by atoms with E-state index in [9.17, 15) is 9.59 Å². The van der Waals surface area contributed by atoms with Crippen molar-refractivity contribution in [3.05, 3.63) is 57.4 Å². The van der Waals surface area contributed by atoms with Crippen LogP contribution in [0.3, 0.4) is 0 Å². The number of hydrogen-bond donors (Lipinski definition) is 0. The van der Waals surface area contributed by atoms with Gasteiger partial charge in [-0.25, -0.2) is 14.5 Å². The van der Waals surface area contributed by atoms with Crippen LogP contribution in [-0.2, 0) is 17.6 Å². The predicted molar refractivity (Wildman–Crippen MR) is 116 cm³/mol. The number of fused-ring (bicyclic) bond motifs is 1. The van der Waals surface area contributed by atoms with Gasteiger partial charge < -0.3 is 4.74 Å². The number of carbonyl (C=O) groups excluding carboxylic acids is 2. The lowest BCUT2D eigenvalue weighted by molar-refractivity contribution is 0.0531. The molecule has 0 spiro atoms. The molecule has 0 unspecified atom stereocenters. The van der Waals surface area contributed by atoms with E-state index in [-0.39, 0.29) is 5.91 Å². The number of aryl methyl sites for hydroxylation is 2. The maximum Gasteiger partial charge on any atom is 0.350 e. The van der Waals surface area contributed by atoms with Gasteiger partial charge >= 0.3 is 5.97 Å². The summed E-state index contributed by atoms with van der Waals surface area (Å²) in [6.45, 7) is 5.84. The van der Waals surface area contributed by atoms with E-state index in [4.69, 9.17) is 9.84 Å². The molecular formula is C22H24N4O3S. The van der Waals surface area contributed by atoms with Gasteiger partial charge in [-0.15, -0.1) is 0 Å². The average molecular weight is 425 g/mol. The monoisotopic (exact) mass is 424 g/mol. The number of anilines is 1. The summed E-state index contributed by atoms with van der Waals surface area (Å²) in [6, 6.07) is 8.04. The number of rotatable bonds is 5. The van der Waals surface area contributed by atoms with Gasteiger partial charge in [-0.2, -0.15) is 5.10 Å². The van der Waals surface area contributed by atoms with E-state index in [2.05, 4.69) is 4.98 Å². The van der Waals surface area contributed by atoms with Crippen LogP contribution >= 0.6 is 11.3 Å². The zero-order valence-electron chi connectivity index (χ0n) is 17.6. The molecule has 0 saturated carbocycles. The quantitative estimate of drug-likeness (QED) is 0.581. The summed E-state index contributed by atoms with van der Waals surface area (Å²) >= 11 is 1.16. The van der Waals surface area contributed by atoms with Crippen molar-refractivity contribution in [1.82, 2.24) is 14.8 Å². The lowest BCUT2D eigenvalue weighted by Gasteiger charge is -2.13. The van der Waals surface area contributed by atoms with Crippen molar-refractivity contribution >= 4 is 28.3 Å². The molecule has 0 saturated heterocycles. The van der Waals surface area contributed by atoms with Crippen molar-refractivity contribution in [2.45, 2.75) is 40.0 Å². The van der Waals surface area contributed by atoms with Gasteiger partial charge in [0.15, 0.2) is 10.8 Å². The summed E-state index contributed by atoms with van der Waals surface area (Å²) in [5, 5.41) is 5.17. The maximum atomic E-state index is 13.4. The Morgan fingerprint density at radius 3 is 2.73 bits per heavy atom. The summed E-state index contributed by atoms with van der Waals surface area (Å²) < 4.78 is 7.00. The molecule has 30 heavy (non-hydrogen) atoms. The van der Waals surface area contributed by atoms with Gasteiger partial charge in [-0.3, -0.25) is 9.69 Å². The fourth-order valence-corrected chi connectivity index (χ4v) is 4.69. The third-order valence-corrected chi connectivity index (χ3v) is 6.53. The number of hydrogen-bond acceptors (Lipinski definition) is 6. The molecule has 1 amide bonds. The molecule has 0 bridgehead atoms. The van der Waals surface area contributed by atoms with E-state index < -0.39 is 5.97 Å². The van der Waals surface area contributed by atoms with Crippen LogP contribution in [0.25, 0.3) is 5.69 Å². The fraction of sp³-hybridized carbons (Fsp3) is 0.364. The number of para-hydroxylation sites is 1. The molecule has 4 rings (SSSR count). The number of nitrogens with zero attached hydrogens (tertiary/aromatic N) is 4. The second-order valence-electron chi connectivity index (χ2n) is 7.32. The molecule has 1 aliphatic carbocycles. The molecule has 1 aromatic carbocycles. The predicted octanol–water partition coefficient (Wildman–Crippen LogP) is 3.89. The molecule has 0 aliphatic heterocycles. The summed E-state index contributed by atoms with van der Waals surface area (Å²) in [5.41, 5.74) is 5.23. The van der Waals surface area contributed by atoms with Gasteiger partial charge in [0.1, 0.15) is 4.88 Å². The lowest BCUT2D eigenvalue weighted by Crippen LogP contribution is -2.27. The summed E-state index contributed by atoms with van der Waals surface area (Å²) in [4.78, 5) is 31.8. The molecule has 1 aliphatic rings. The van der Waals surface area contributed by atoms with E-state index in [1.807, 2.05) is 35.9 Å². The van der Waals surface area contributed by atoms with Crippen LogP contribution in [-0.4, -0.2) is 40.3 Å². The molecular weight excluding hydrogens is 400 g/mol. The van der Waals surface area contributed by atoms with E-state index in [0.29, 0.717) is 28.0 Å². The molecule has 7 nitrogen and oxygen atoms in total. The molecule has 156 valence electrons. The summed E-state index contributed by atoms with van der Waals surface area (Å²) in [7, 11) is 1.67. The van der Waals surface area contributed by atoms with Crippen LogP contribution in [0.2, 0.25) is 0 Å². The van der Waals surface area contributed by atoms with Crippen LogP contribution < -0.4 is 4.90 Å². The van der Waals surface area contributed by atoms with E-state index in [1.165, 1.54) is 4.90 Å². The Kier molecular flexibility index (Phi) is 5.42. The molecule has 3 aromatic rings. The van der Waals surface area contributed by atoms with Crippen LogP contribution in [0.5, 0.6) is 0 Å². The van der Waals surface area contributed by atoms with E-state index in [0.717, 1.165) is 53.1 Å². The Morgan fingerprint density at radius 1 is 1.23 bits per heavy atom. The number of thiazole rings is 1. The first-order valence-electron chi connectivity index (χ1n) is 10.0. The minimum absolute atomic E-state index is 0.218. The highest BCUT2D eigenvalue weighted by Gasteiger charge is 2.30. The lowest BCUT2D eigenvalue weighted by atomic mass is 10.1. The average Bonchev–Trinajstić information content (AvgIpc) is 3.43. The Morgan fingerprint density at radius 2 is 2.00 bits per heavy atom. The number of ether oxygens (including phenoxy) is 1. The summed E-state index contributed by atoms with van der Waals surface area (Å²) in [6.07, 6.45) is 2.74. The number of benzene rings is 1. The van der Waals surface area contributed by atoms with Gasteiger partial charge in [0.25, 0.3) is 5.91 Å². The van der Waals surface area contributed by atoms with E-state index >= 15 is 0 Å². The van der Waals surface area contributed by atoms with Crippen LogP contribution in [0, 0.1) is 13.8 Å². The first-order chi connectivity index (χ1) is 14.4. The first kappa shape index (κ1) is 20.3. The van der Waals surface area contributed by atoms with Crippen molar-refractivity contribution in [2.75, 3.05) is 18.6 Å². The first-order valence-corrected chi connectivity index (χ1v) is 10.8. The maximum absolute atomic E-state index is 13.4. The third kappa shape index (κ3) is 3.41. The second kappa shape index (κ2) is 8.02. The molecule has 0 fully saturated rings. The van der Waals surface area contributed by atoms with E-state index in [1.54, 1.807) is 20.9 Å². The number of amides is 1. The Hall–Kier alpha value is -3.00. The Labute approximate surface area is 179 Å². The third-order valence-electron chi connectivity index (χ3n) is 5.31. The highest BCUT2D eigenvalue weighted by atomic mass is 32.1.